The first-order valence-corrected chi connectivity index (χ1v) is 9.09. The molecule has 2 heterocycles. The van der Waals surface area contributed by atoms with E-state index in [4.69, 9.17) is 9.47 Å². The van der Waals surface area contributed by atoms with E-state index < -0.39 is 0 Å². The Balaban J connectivity index is 1.69. The van der Waals surface area contributed by atoms with Crippen LogP contribution in [0.25, 0.3) is 0 Å². The molecule has 0 aromatic carbocycles. The fourth-order valence-electron chi connectivity index (χ4n) is 5.80. The summed E-state index contributed by atoms with van der Waals surface area (Å²) in [4.78, 5) is 24.0. The Labute approximate surface area is 143 Å². The summed E-state index contributed by atoms with van der Waals surface area (Å²) >= 11 is 0. The highest BCUT2D eigenvalue weighted by Crippen LogP contribution is 2.61. The van der Waals surface area contributed by atoms with E-state index in [1.807, 2.05) is 0 Å². The van der Waals surface area contributed by atoms with Crippen LogP contribution < -0.4 is 0 Å². The zero-order valence-electron chi connectivity index (χ0n) is 14.8. The van der Waals surface area contributed by atoms with E-state index in [-0.39, 0.29) is 36.0 Å². The Kier molecular flexibility index (Phi) is 3.45. The largest absolute Gasteiger partial charge is 0.458 e. The van der Waals surface area contributed by atoms with Crippen molar-refractivity contribution in [2.45, 2.75) is 59.0 Å². The summed E-state index contributed by atoms with van der Waals surface area (Å²) in [6.07, 6.45) is 8.71. The van der Waals surface area contributed by atoms with E-state index in [9.17, 15) is 9.59 Å². The number of carbonyl (C=O) groups excluding carboxylic acids is 2. The molecule has 130 valence electrons. The number of hydrogen-bond donors (Lipinski definition) is 0. The predicted octanol–water partition coefficient (Wildman–Crippen LogP) is 3.56. The first-order valence-electron chi connectivity index (χ1n) is 9.09. The first-order chi connectivity index (χ1) is 11.3. The molecule has 4 rings (SSSR count). The topological polar surface area (TPSA) is 52.6 Å². The molecule has 0 unspecified atom stereocenters. The van der Waals surface area contributed by atoms with Gasteiger partial charge < -0.3 is 9.47 Å². The smallest absolute Gasteiger partial charge is 0.334 e. The molecule has 0 aromatic rings. The average Bonchev–Trinajstić information content (AvgIpc) is 2.93. The Morgan fingerprint density at radius 2 is 1.96 bits per heavy atom. The molecule has 4 heteroatoms. The minimum Gasteiger partial charge on any atom is -0.458 e. The SMILES string of the molecule is CC1(C)CCC[C@@]2(C)[C@@H]3C[C@H](C4=CC(=O)OC4)OC(=O)C3=CC[C@H]12. The molecule has 24 heavy (non-hydrogen) atoms. The van der Waals surface area contributed by atoms with Crippen molar-refractivity contribution >= 4 is 11.9 Å². The lowest BCUT2D eigenvalue weighted by Gasteiger charge is -2.58. The van der Waals surface area contributed by atoms with Crippen molar-refractivity contribution in [3.63, 3.8) is 0 Å². The molecule has 0 N–H and O–H groups in total. The van der Waals surface area contributed by atoms with Gasteiger partial charge in [-0.3, -0.25) is 0 Å². The number of fused-ring (bicyclic) bond motifs is 3. The lowest BCUT2D eigenvalue weighted by molar-refractivity contribution is -0.154. The molecule has 2 fully saturated rings. The molecule has 4 aliphatic rings. The van der Waals surface area contributed by atoms with Crippen LogP contribution in [-0.2, 0) is 19.1 Å². The van der Waals surface area contributed by atoms with Gasteiger partial charge in [-0.25, -0.2) is 9.59 Å². The molecule has 4 atom stereocenters. The van der Waals surface area contributed by atoms with Crippen LogP contribution in [-0.4, -0.2) is 24.6 Å². The lowest BCUT2D eigenvalue weighted by Crippen LogP contribution is -2.52. The van der Waals surface area contributed by atoms with Crippen molar-refractivity contribution in [1.29, 1.82) is 0 Å². The van der Waals surface area contributed by atoms with Gasteiger partial charge in [0.05, 0.1) is 0 Å². The van der Waals surface area contributed by atoms with Crippen molar-refractivity contribution in [3.05, 3.63) is 23.3 Å². The zero-order valence-corrected chi connectivity index (χ0v) is 14.8. The first kappa shape index (κ1) is 15.9. The van der Waals surface area contributed by atoms with Crippen LogP contribution in [0, 0.1) is 22.7 Å². The molecular weight excluding hydrogens is 304 g/mol. The van der Waals surface area contributed by atoms with Gasteiger partial charge in [0.15, 0.2) is 0 Å². The standard InChI is InChI=1S/C20H26O4/c1-19(2)7-4-8-20(3)14-10-15(12-9-17(21)23-11-12)24-18(22)13(14)5-6-16(19)20/h5,9,14-16H,4,6-8,10-11H2,1-3H3/t14-,15-,16-,20+/m1/s1. The molecule has 0 aromatic heterocycles. The Morgan fingerprint density at radius 3 is 2.67 bits per heavy atom. The number of esters is 2. The zero-order chi connectivity index (χ0) is 17.1. The van der Waals surface area contributed by atoms with Crippen LogP contribution in [0.1, 0.15) is 52.9 Å². The van der Waals surface area contributed by atoms with Gasteiger partial charge in [0, 0.05) is 23.1 Å². The van der Waals surface area contributed by atoms with Crippen LogP contribution in [0.4, 0.5) is 0 Å². The van der Waals surface area contributed by atoms with Crippen molar-refractivity contribution in [2.75, 3.05) is 6.61 Å². The Bertz CT molecular complexity index is 657. The average molecular weight is 330 g/mol. The monoisotopic (exact) mass is 330 g/mol. The number of carbonyl (C=O) groups is 2. The van der Waals surface area contributed by atoms with Gasteiger partial charge in [0.1, 0.15) is 12.7 Å². The van der Waals surface area contributed by atoms with Crippen molar-refractivity contribution in [3.8, 4) is 0 Å². The van der Waals surface area contributed by atoms with Gasteiger partial charge in [-0.1, -0.05) is 33.3 Å². The van der Waals surface area contributed by atoms with Gasteiger partial charge in [0.25, 0.3) is 0 Å². The fourth-order valence-corrected chi connectivity index (χ4v) is 5.80. The van der Waals surface area contributed by atoms with Crippen LogP contribution in [0.5, 0.6) is 0 Å². The summed E-state index contributed by atoms with van der Waals surface area (Å²) in [5.41, 5.74) is 2.12. The predicted molar refractivity (Wildman–Crippen MR) is 89.0 cm³/mol. The maximum absolute atomic E-state index is 12.6. The third-order valence-corrected chi connectivity index (χ3v) is 7.05. The molecule has 1 saturated heterocycles. The minimum absolute atomic E-state index is 0.132. The summed E-state index contributed by atoms with van der Waals surface area (Å²) in [6.45, 7) is 7.38. The maximum Gasteiger partial charge on any atom is 0.334 e. The molecule has 4 nitrogen and oxygen atoms in total. The summed E-state index contributed by atoms with van der Waals surface area (Å²) in [5, 5.41) is 0. The fraction of sp³-hybridized carbons (Fsp3) is 0.700. The van der Waals surface area contributed by atoms with E-state index in [2.05, 4.69) is 26.8 Å². The van der Waals surface area contributed by atoms with Gasteiger partial charge in [0.2, 0.25) is 0 Å². The quantitative estimate of drug-likeness (QED) is 0.690. The molecule has 0 radical (unpaired) electrons. The highest BCUT2D eigenvalue weighted by atomic mass is 16.6. The molecule has 1 saturated carbocycles. The highest BCUT2D eigenvalue weighted by molar-refractivity contribution is 5.91. The molecule has 2 aliphatic carbocycles. The second-order valence-electron chi connectivity index (χ2n) is 8.80. The third kappa shape index (κ3) is 2.26. The van der Waals surface area contributed by atoms with Crippen LogP contribution >= 0.6 is 0 Å². The third-order valence-electron chi connectivity index (χ3n) is 7.05. The summed E-state index contributed by atoms with van der Waals surface area (Å²) in [7, 11) is 0. The highest BCUT2D eigenvalue weighted by Gasteiger charge is 2.55. The van der Waals surface area contributed by atoms with Gasteiger partial charge in [-0.2, -0.15) is 0 Å². The number of ether oxygens (including phenoxy) is 2. The van der Waals surface area contributed by atoms with E-state index >= 15 is 0 Å². The lowest BCUT2D eigenvalue weighted by atomic mass is 9.47. The normalized spacial score (nSPS) is 40.7. The van der Waals surface area contributed by atoms with Crippen molar-refractivity contribution < 1.29 is 19.1 Å². The summed E-state index contributed by atoms with van der Waals surface area (Å²) in [6, 6.07) is 0. The maximum atomic E-state index is 12.6. The number of cyclic esters (lactones) is 2. The summed E-state index contributed by atoms with van der Waals surface area (Å²) in [5.74, 6) is 0.293. The van der Waals surface area contributed by atoms with E-state index in [0.717, 1.165) is 30.4 Å². The van der Waals surface area contributed by atoms with Gasteiger partial charge in [-0.05, 0) is 42.4 Å². The van der Waals surface area contributed by atoms with Crippen molar-refractivity contribution in [1.82, 2.24) is 0 Å². The number of hydrogen-bond acceptors (Lipinski definition) is 4. The number of rotatable bonds is 1. The van der Waals surface area contributed by atoms with E-state index in [0.29, 0.717) is 11.3 Å². The molecule has 2 aliphatic heterocycles. The van der Waals surface area contributed by atoms with E-state index in [1.54, 1.807) is 0 Å². The molecule has 0 spiro atoms. The van der Waals surface area contributed by atoms with E-state index in [1.165, 1.54) is 18.9 Å². The Morgan fingerprint density at radius 1 is 1.17 bits per heavy atom. The molecule has 0 bridgehead atoms. The Hall–Kier alpha value is -1.58. The number of allylic oxidation sites excluding steroid dienone is 1. The second-order valence-corrected chi connectivity index (χ2v) is 8.80. The van der Waals surface area contributed by atoms with Crippen LogP contribution in [0.3, 0.4) is 0 Å². The molecular formula is C20H26O4. The second kappa shape index (κ2) is 5.21. The van der Waals surface area contributed by atoms with Crippen molar-refractivity contribution in [2.24, 2.45) is 22.7 Å². The van der Waals surface area contributed by atoms with Crippen LogP contribution in [0.2, 0.25) is 0 Å². The van der Waals surface area contributed by atoms with Gasteiger partial charge >= 0.3 is 11.9 Å². The van der Waals surface area contributed by atoms with Gasteiger partial charge in [-0.15, -0.1) is 0 Å². The molecule has 0 amide bonds. The van der Waals surface area contributed by atoms with Crippen LogP contribution in [0.15, 0.2) is 23.3 Å². The minimum atomic E-state index is -0.325. The summed E-state index contributed by atoms with van der Waals surface area (Å²) < 4.78 is 10.7.